The standard InChI is InChI=1S/C13H10/c1-4-10-6-2-8-12-9-3-7-11(5-1)13(10)12/h1-8H,9H2/i9D/t9-/m1/s1. The first-order valence-corrected chi connectivity index (χ1v) is 4.48. The molecule has 0 saturated carbocycles. The highest BCUT2D eigenvalue weighted by molar-refractivity contribution is 5.94. The minimum absolute atomic E-state index is 0.200. The normalized spacial score (nSPS) is 20.3. The molecule has 0 heterocycles. The minimum Gasteiger partial charge on any atom is -0.0795 e. The third kappa shape index (κ3) is 0.919. The second-order valence-electron chi connectivity index (χ2n) is 3.32. The lowest BCUT2D eigenvalue weighted by molar-refractivity contribution is 1.29. The van der Waals surface area contributed by atoms with Crippen molar-refractivity contribution in [3.63, 3.8) is 0 Å². The highest BCUT2D eigenvalue weighted by atomic mass is 14.1. The van der Waals surface area contributed by atoms with Crippen LogP contribution in [0.4, 0.5) is 0 Å². The Morgan fingerprint density at radius 2 is 1.92 bits per heavy atom. The summed E-state index contributed by atoms with van der Waals surface area (Å²) < 4.78 is 7.90. The molecule has 0 amide bonds. The van der Waals surface area contributed by atoms with E-state index in [0.29, 0.717) is 0 Å². The van der Waals surface area contributed by atoms with Gasteiger partial charge in [0.1, 0.15) is 0 Å². The van der Waals surface area contributed by atoms with Crippen LogP contribution >= 0.6 is 0 Å². The Kier molecular flexibility index (Phi) is 1.13. The van der Waals surface area contributed by atoms with Gasteiger partial charge in [-0.05, 0) is 28.3 Å². The van der Waals surface area contributed by atoms with Crippen molar-refractivity contribution in [2.45, 2.75) is 6.40 Å². The van der Waals surface area contributed by atoms with Crippen molar-refractivity contribution in [1.82, 2.24) is 0 Å². The molecule has 0 saturated heterocycles. The van der Waals surface area contributed by atoms with Crippen molar-refractivity contribution in [1.29, 1.82) is 0 Å². The summed E-state index contributed by atoms with van der Waals surface area (Å²) in [5, 5.41) is 2.49. The van der Waals surface area contributed by atoms with E-state index in [-0.39, 0.29) is 6.40 Å². The molecule has 0 N–H and O–H groups in total. The Morgan fingerprint density at radius 1 is 1.08 bits per heavy atom. The molecule has 2 aromatic rings. The zero-order valence-electron chi connectivity index (χ0n) is 8.20. The van der Waals surface area contributed by atoms with Crippen molar-refractivity contribution in [2.24, 2.45) is 0 Å². The predicted octanol–water partition coefficient (Wildman–Crippen LogP) is 3.41. The third-order valence-electron chi connectivity index (χ3n) is 2.52. The predicted molar refractivity (Wildman–Crippen MR) is 56.7 cm³/mol. The molecule has 0 nitrogen and oxygen atoms in total. The molecule has 0 bridgehead atoms. The summed E-state index contributed by atoms with van der Waals surface area (Å²) in [5.74, 6) is 0. The van der Waals surface area contributed by atoms with Crippen molar-refractivity contribution >= 4 is 16.8 Å². The number of hydrogen-bond donors (Lipinski definition) is 0. The molecule has 62 valence electrons. The smallest absolute Gasteiger partial charge is 0.0360 e. The van der Waals surface area contributed by atoms with Gasteiger partial charge in [-0.3, -0.25) is 0 Å². The molecule has 13 heavy (non-hydrogen) atoms. The van der Waals surface area contributed by atoms with Crippen LogP contribution in [0.5, 0.6) is 0 Å². The molecular formula is C13H10. The topological polar surface area (TPSA) is 0 Å². The largest absolute Gasteiger partial charge is 0.0795 e. The van der Waals surface area contributed by atoms with Crippen LogP contribution in [0.2, 0.25) is 0 Å². The summed E-state index contributed by atoms with van der Waals surface area (Å²) in [4.78, 5) is 0. The van der Waals surface area contributed by atoms with E-state index in [1.165, 1.54) is 16.3 Å². The van der Waals surface area contributed by atoms with Gasteiger partial charge in [-0.2, -0.15) is 0 Å². The van der Waals surface area contributed by atoms with Crippen molar-refractivity contribution in [3.05, 3.63) is 53.6 Å². The van der Waals surface area contributed by atoms with Crippen LogP contribution in [0.3, 0.4) is 0 Å². The lowest BCUT2D eigenvalue weighted by Gasteiger charge is -2.11. The molecule has 1 atom stereocenters. The number of hydrogen-bond acceptors (Lipinski definition) is 0. The van der Waals surface area contributed by atoms with Gasteiger partial charge in [0, 0.05) is 1.37 Å². The van der Waals surface area contributed by atoms with Crippen LogP contribution < -0.4 is 0 Å². The summed E-state index contributed by atoms with van der Waals surface area (Å²) in [6, 6.07) is 12.5. The monoisotopic (exact) mass is 167 g/mol. The first-order valence-electron chi connectivity index (χ1n) is 5.06. The van der Waals surface area contributed by atoms with Crippen molar-refractivity contribution in [3.8, 4) is 0 Å². The van der Waals surface area contributed by atoms with Gasteiger partial charge in [0.25, 0.3) is 0 Å². The summed E-state index contributed by atoms with van der Waals surface area (Å²) >= 11 is 0. The van der Waals surface area contributed by atoms with Gasteiger partial charge in [-0.15, -0.1) is 0 Å². The SMILES string of the molecule is [2H][C@@H]1C=Cc2cccc3cccc1c23. The Bertz CT molecular complexity index is 520. The van der Waals surface area contributed by atoms with Crippen LogP contribution in [0.15, 0.2) is 42.5 Å². The van der Waals surface area contributed by atoms with E-state index in [1.807, 2.05) is 24.3 Å². The summed E-state index contributed by atoms with van der Waals surface area (Å²) in [6.45, 7) is 0. The molecule has 0 spiro atoms. The molecule has 0 heteroatoms. The van der Waals surface area contributed by atoms with E-state index in [0.717, 1.165) is 5.56 Å². The zero-order valence-corrected chi connectivity index (χ0v) is 7.20. The van der Waals surface area contributed by atoms with Gasteiger partial charge in [0.15, 0.2) is 0 Å². The van der Waals surface area contributed by atoms with E-state index >= 15 is 0 Å². The van der Waals surface area contributed by atoms with Gasteiger partial charge >= 0.3 is 0 Å². The van der Waals surface area contributed by atoms with E-state index < -0.39 is 0 Å². The van der Waals surface area contributed by atoms with Crippen molar-refractivity contribution in [2.75, 3.05) is 0 Å². The van der Waals surface area contributed by atoms with Gasteiger partial charge in [-0.25, -0.2) is 0 Å². The molecule has 3 rings (SSSR count). The highest BCUT2D eigenvalue weighted by Crippen LogP contribution is 2.27. The molecule has 0 radical (unpaired) electrons. The Morgan fingerprint density at radius 3 is 2.85 bits per heavy atom. The average molecular weight is 167 g/mol. The summed E-state index contributed by atoms with van der Waals surface area (Å²) in [7, 11) is 0. The molecule has 1 aliphatic carbocycles. The summed E-state index contributed by atoms with van der Waals surface area (Å²) in [6.07, 6.45) is 3.79. The van der Waals surface area contributed by atoms with E-state index in [1.54, 1.807) is 0 Å². The summed E-state index contributed by atoms with van der Waals surface area (Å²) in [5.41, 5.74) is 2.36. The second kappa shape index (κ2) is 2.46. The molecule has 1 aliphatic rings. The average Bonchev–Trinajstić information content (AvgIpc) is 2.24. The first-order chi connectivity index (χ1) is 6.86. The molecule has 0 aliphatic heterocycles. The maximum absolute atomic E-state index is 7.90. The number of allylic oxidation sites excluding steroid dienone is 1. The van der Waals surface area contributed by atoms with Gasteiger partial charge in [-0.1, -0.05) is 48.6 Å². The van der Waals surface area contributed by atoms with Crippen LogP contribution in [0.25, 0.3) is 16.8 Å². The van der Waals surface area contributed by atoms with Crippen LogP contribution in [0.1, 0.15) is 12.5 Å². The zero-order chi connectivity index (χ0) is 9.54. The van der Waals surface area contributed by atoms with Crippen molar-refractivity contribution < 1.29 is 1.37 Å². The fourth-order valence-corrected chi connectivity index (χ4v) is 1.93. The van der Waals surface area contributed by atoms with Crippen LogP contribution in [0, 0.1) is 0 Å². The lowest BCUT2D eigenvalue weighted by Crippen LogP contribution is -1.91. The minimum atomic E-state index is -0.200. The maximum Gasteiger partial charge on any atom is 0.0360 e. The van der Waals surface area contributed by atoms with Gasteiger partial charge in [0.2, 0.25) is 0 Å². The van der Waals surface area contributed by atoms with E-state index in [2.05, 4.69) is 24.3 Å². The Balaban J connectivity index is 2.52. The van der Waals surface area contributed by atoms with Crippen LogP contribution in [-0.4, -0.2) is 0 Å². The van der Waals surface area contributed by atoms with Gasteiger partial charge in [0.05, 0.1) is 0 Å². The number of benzene rings is 2. The molecule has 0 fully saturated rings. The molecular weight excluding hydrogens is 156 g/mol. The quantitative estimate of drug-likeness (QED) is 0.564. The van der Waals surface area contributed by atoms with Crippen LogP contribution in [-0.2, 0) is 6.40 Å². The molecule has 2 aromatic carbocycles. The third-order valence-corrected chi connectivity index (χ3v) is 2.52. The van der Waals surface area contributed by atoms with E-state index in [4.69, 9.17) is 1.37 Å². The fourth-order valence-electron chi connectivity index (χ4n) is 1.93. The Hall–Kier alpha value is -1.56. The molecule has 0 aromatic heterocycles. The fraction of sp³-hybridized carbons (Fsp3) is 0.0769. The van der Waals surface area contributed by atoms with E-state index in [9.17, 15) is 0 Å². The highest BCUT2D eigenvalue weighted by Gasteiger charge is 2.06. The second-order valence-corrected chi connectivity index (χ2v) is 3.32. The maximum atomic E-state index is 7.90. The van der Waals surface area contributed by atoms with Gasteiger partial charge < -0.3 is 0 Å². The molecule has 0 unspecified atom stereocenters. The first kappa shape index (κ1) is 5.98. The lowest BCUT2D eigenvalue weighted by atomic mass is 9.93. The Labute approximate surface area is 78.9 Å². The number of rotatable bonds is 0.